The highest BCUT2D eigenvalue weighted by Crippen LogP contribution is 2.39. The first-order chi connectivity index (χ1) is 12.2. The van der Waals surface area contributed by atoms with Gasteiger partial charge in [0.2, 0.25) is 5.91 Å². The molecule has 7 heteroatoms. The fourth-order valence-corrected chi connectivity index (χ4v) is 3.61. The zero-order valence-corrected chi connectivity index (χ0v) is 16.0. The number of nitrogens with zero attached hydrogens (tertiary/aromatic N) is 3. The van der Waals surface area contributed by atoms with Crippen LogP contribution in [0.25, 0.3) is 0 Å². The second-order valence-corrected chi connectivity index (χ2v) is 7.24. The molecule has 7 nitrogen and oxygen atoms in total. The van der Waals surface area contributed by atoms with Gasteiger partial charge in [0.15, 0.2) is 5.96 Å². The molecule has 2 atom stereocenters. The predicted octanol–water partition coefficient (Wildman–Crippen LogP) is 1.57. The minimum absolute atomic E-state index is 0.0405. The Morgan fingerprint density at radius 2 is 2.08 bits per heavy atom. The summed E-state index contributed by atoms with van der Waals surface area (Å²) >= 11 is 0. The van der Waals surface area contributed by atoms with Crippen LogP contribution < -0.4 is 15.9 Å². The largest absolute Gasteiger partial charge is 0.494 e. The van der Waals surface area contributed by atoms with E-state index in [2.05, 4.69) is 29.5 Å². The number of rotatable bonds is 4. The molecule has 0 bridgehead atoms. The van der Waals surface area contributed by atoms with E-state index in [9.17, 15) is 4.79 Å². The molecule has 0 saturated heterocycles. The Morgan fingerprint density at radius 3 is 2.73 bits per heavy atom. The third kappa shape index (κ3) is 3.03. The van der Waals surface area contributed by atoms with Crippen LogP contribution in [0.4, 0.5) is 0 Å². The van der Waals surface area contributed by atoms with Gasteiger partial charge in [-0.3, -0.25) is 9.69 Å². The van der Waals surface area contributed by atoms with Gasteiger partial charge in [-0.25, -0.2) is 10.4 Å². The Kier molecular flexibility index (Phi) is 4.44. The van der Waals surface area contributed by atoms with Gasteiger partial charge in [0, 0.05) is 14.1 Å². The second kappa shape index (κ2) is 6.32. The molecule has 1 aromatic rings. The maximum Gasteiger partial charge on any atom is 0.231 e. The van der Waals surface area contributed by atoms with Crippen LogP contribution in [0.5, 0.6) is 5.75 Å². The van der Waals surface area contributed by atoms with Gasteiger partial charge in [-0.15, -0.1) is 0 Å². The van der Waals surface area contributed by atoms with E-state index in [0.29, 0.717) is 6.61 Å². The quantitative estimate of drug-likeness (QED) is 0.855. The normalized spacial score (nSPS) is 28.9. The third-order valence-electron chi connectivity index (χ3n) is 5.06. The van der Waals surface area contributed by atoms with E-state index >= 15 is 0 Å². The molecule has 3 N–H and O–H groups in total. The number of nitrogens with two attached hydrogens (primary N) is 1. The summed E-state index contributed by atoms with van der Waals surface area (Å²) in [5.41, 5.74) is 10.3. The number of aliphatic imine (C=N–C) groups is 1. The number of benzene rings is 1. The summed E-state index contributed by atoms with van der Waals surface area (Å²) < 4.78 is 5.63. The van der Waals surface area contributed by atoms with Gasteiger partial charge < -0.3 is 15.5 Å². The molecule has 3 rings (SSSR count). The van der Waals surface area contributed by atoms with E-state index in [1.165, 1.54) is 4.90 Å². The van der Waals surface area contributed by atoms with Crippen LogP contribution in [-0.2, 0) is 10.3 Å². The van der Waals surface area contributed by atoms with Crippen LogP contribution >= 0.6 is 0 Å². The van der Waals surface area contributed by atoms with Crippen molar-refractivity contribution in [3.63, 3.8) is 0 Å². The Labute approximate surface area is 154 Å². The molecule has 140 valence electrons. The Bertz CT molecular complexity index is 790. The second-order valence-electron chi connectivity index (χ2n) is 7.24. The van der Waals surface area contributed by atoms with Gasteiger partial charge >= 0.3 is 0 Å². The molecule has 1 unspecified atom stereocenters. The maximum atomic E-state index is 12.3. The van der Waals surface area contributed by atoms with E-state index in [-0.39, 0.29) is 18.3 Å². The van der Waals surface area contributed by atoms with Crippen LogP contribution in [0.1, 0.15) is 32.8 Å². The Morgan fingerprint density at radius 1 is 1.35 bits per heavy atom. The van der Waals surface area contributed by atoms with Crippen molar-refractivity contribution in [3.05, 3.63) is 41.6 Å². The number of nitrogens with one attached hydrogen (secondary N) is 1. The monoisotopic (exact) mass is 357 g/mol. The zero-order chi connectivity index (χ0) is 19.1. The van der Waals surface area contributed by atoms with Crippen molar-refractivity contribution in [2.45, 2.75) is 38.3 Å². The highest BCUT2D eigenvalue weighted by Gasteiger charge is 2.45. The molecular formula is C19H27N5O2. The average molecular weight is 357 g/mol. The highest BCUT2D eigenvalue weighted by molar-refractivity contribution is 5.99. The number of amides is 1. The summed E-state index contributed by atoms with van der Waals surface area (Å²) in [6.07, 6.45) is 2.39. The molecule has 2 heterocycles. The number of hydrogen-bond acceptors (Lipinski definition) is 6. The first kappa shape index (κ1) is 18.3. The number of hydrazine groups is 1. The van der Waals surface area contributed by atoms with Gasteiger partial charge in [-0.1, -0.05) is 12.1 Å². The van der Waals surface area contributed by atoms with E-state index in [1.54, 1.807) is 7.05 Å². The van der Waals surface area contributed by atoms with E-state index in [0.717, 1.165) is 17.0 Å². The minimum atomic E-state index is -0.704. The smallest absolute Gasteiger partial charge is 0.231 e. The molecule has 26 heavy (non-hydrogen) atoms. The van der Waals surface area contributed by atoms with Gasteiger partial charge in [-0.2, -0.15) is 0 Å². The van der Waals surface area contributed by atoms with Crippen molar-refractivity contribution in [1.82, 2.24) is 15.3 Å². The molecule has 2 aliphatic rings. The summed E-state index contributed by atoms with van der Waals surface area (Å²) in [7, 11) is 3.58. The summed E-state index contributed by atoms with van der Waals surface area (Å²) in [4.78, 5) is 18.3. The fraction of sp³-hybridized carbons (Fsp3) is 0.474. The lowest BCUT2D eigenvalue weighted by Gasteiger charge is -2.36. The number of hydrogen-bond donors (Lipinski definition) is 2. The van der Waals surface area contributed by atoms with E-state index < -0.39 is 11.1 Å². The minimum Gasteiger partial charge on any atom is -0.494 e. The van der Waals surface area contributed by atoms with Crippen LogP contribution in [0.15, 0.2) is 41.0 Å². The topological polar surface area (TPSA) is 83.2 Å². The summed E-state index contributed by atoms with van der Waals surface area (Å²) in [5, 5.41) is 1.93. The maximum absolute atomic E-state index is 12.3. The molecule has 0 radical (unpaired) electrons. The van der Waals surface area contributed by atoms with Crippen molar-refractivity contribution in [3.8, 4) is 5.75 Å². The van der Waals surface area contributed by atoms with Crippen molar-refractivity contribution in [2.75, 3.05) is 20.7 Å². The standard InChI is InChI=1S/C19H27N5O2/c1-6-26-14-9-7-8-13(10-14)18(2)11-15(24(5)22-18)19(3)12-16(25)23(4)17(20)21-19/h7-11,22H,6,12H2,1-5H3,(H2,20,21)/t18?,19-/m0/s1. The lowest BCUT2D eigenvalue weighted by Crippen LogP contribution is -2.51. The third-order valence-corrected chi connectivity index (χ3v) is 5.06. The van der Waals surface area contributed by atoms with Crippen LogP contribution in [-0.4, -0.2) is 48.0 Å². The first-order valence-corrected chi connectivity index (χ1v) is 8.78. The van der Waals surface area contributed by atoms with Crippen molar-refractivity contribution >= 4 is 11.9 Å². The molecule has 1 amide bonds. The number of likely N-dealkylation sites (N-methyl/N-ethyl adjacent to an activating group) is 1. The fourth-order valence-electron chi connectivity index (χ4n) is 3.61. The molecule has 1 aromatic carbocycles. The van der Waals surface area contributed by atoms with Crippen LogP contribution in [0, 0.1) is 0 Å². The number of carbonyl (C=O) groups excluding carboxylic acids is 1. The molecule has 0 aliphatic carbocycles. The summed E-state index contributed by atoms with van der Waals surface area (Å²) in [5.74, 6) is 1.03. The predicted molar refractivity (Wildman–Crippen MR) is 101 cm³/mol. The SMILES string of the molecule is CCOc1cccc(C2(C)C=C([C@]3(C)CC(=O)N(C)C(N)=N3)N(C)N2)c1. The lowest BCUT2D eigenvalue weighted by atomic mass is 9.87. The van der Waals surface area contributed by atoms with Gasteiger partial charge in [0.25, 0.3) is 0 Å². The number of carbonyl (C=O) groups is 1. The summed E-state index contributed by atoms with van der Waals surface area (Å²) in [6, 6.07) is 8.02. The van der Waals surface area contributed by atoms with Crippen molar-refractivity contribution in [2.24, 2.45) is 10.7 Å². The molecule has 0 aromatic heterocycles. The highest BCUT2D eigenvalue weighted by atomic mass is 16.5. The Balaban J connectivity index is 2.00. The first-order valence-electron chi connectivity index (χ1n) is 8.78. The zero-order valence-electron chi connectivity index (χ0n) is 16.0. The molecule has 0 fully saturated rings. The lowest BCUT2D eigenvalue weighted by molar-refractivity contribution is -0.128. The van der Waals surface area contributed by atoms with Gasteiger partial charge in [0.1, 0.15) is 11.3 Å². The van der Waals surface area contributed by atoms with Crippen molar-refractivity contribution < 1.29 is 9.53 Å². The van der Waals surface area contributed by atoms with Gasteiger partial charge in [0.05, 0.1) is 24.3 Å². The average Bonchev–Trinajstić information content (AvgIpc) is 2.90. The molecule has 0 saturated carbocycles. The Hall–Kier alpha value is -2.54. The molecule has 0 spiro atoms. The number of guanidine groups is 1. The molecular weight excluding hydrogens is 330 g/mol. The van der Waals surface area contributed by atoms with E-state index in [4.69, 9.17) is 10.5 Å². The number of ether oxygens (including phenoxy) is 1. The summed E-state index contributed by atoms with van der Waals surface area (Å²) in [6.45, 7) is 6.62. The van der Waals surface area contributed by atoms with E-state index in [1.807, 2.05) is 44.1 Å². The van der Waals surface area contributed by atoms with Crippen LogP contribution in [0.3, 0.4) is 0 Å². The van der Waals surface area contributed by atoms with Crippen molar-refractivity contribution in [1.29, 1.82) is 0 Å². The van der Waals surface area contributed by atoms with Gasteiger partial charge in [-0.05, 0) is 44.5 Å². The molecule has 2 aliphatic heterocycles. The van der Waals surface area contributed by atoms with Crippen LogP contribution in [0.2, 0.25) is 0 Å².